The SMILES string of the molecule is Cn1ncnc1CCNC(=O)[C@H]1[C@@H]2C[C@@H](CN(Cc3cccs3)C2)c2cccc(=O)n21. The highest BCUT2D eigenvalue weighted by Crippen LogP contribution is 2.41. The van der Waals surface area contributed by atoms with Crippen molar-refractivity contribution >= 4 is 17.2 Å². The van der Waals surface area contributed by atoms with Gasteiger partial charge >= 0.3 is 0 Å². The molecule has 1 amide bonds. The van der Waals surface area contributed by atoms with Gasteiger partial charge in [-0.15, -0.1) is 11.3 Å². The van der Waals surface area contributed by atoms with E-state index in [9.17, 15) is 9.59 Å². The molecular weight excluding hydrogens is 412 g/mol. The molecule has 5 rings (SSSR count). The van der Waals surface area contributed by atoms with Crippen molar-refractivity contribution < 1.29 is 4.79 Å². The Labute approximate surface area is 184 Å². The van der Waals surface area contributed by atoms with Gasteiger partial charge in [-0.05, 0) is 23.9 Å². The molecule has 1 fully saturated rings. The summed E-state index contributed by atoms with van der Waals surface area (Å²) in [7, 11) is 1.84. The lowest BCUT2D eigenvalue weighted by Crippen LogP contribution is -2.53. The summed E-state index contributed by atoms with van der Waals surface area (Å²) < 4.78 is 3.46. The van der Waals surface area contributed by atoms with Crippen molar-refractivity contribution in [3.05, 3.63) is 68.8 Å². The van der Waals surface area contributed by atoms with E-state index in [1.807, 2.05) is 19.2 Å². The number of aromatic nitrogens is 4. The molecule has 0 aliphatic carbocycles. The summed E-state index contributed by atoms with van der Waals surface area (Å²) in [6.45, 7) is 3.09. The fraction of sp³-hybridized carbons (Fsp3) is 0.455. The van der Waals surface area contributed by atoms with E-state index >= 15 is 0 Å². The molecule has 3 aromatic rings. The molecule has 1 saturated heterocycles. The number of nitrogens with zero attached hydrogens (tertiary/aromatic N) is 5. The van der Waals surface area contributed by atoms with Crippen LogP contribution < -0.4 is 10.9 Å². The summed E-state index contributed by atoms with van der Waals surface area (Å²) in [4.78, 5) is 34.1. The number of hydrogen-bond donors (Lipinski definition) is 1. The molecule has 9 heteroatoms. The van der Waals surface area contributed by atoms with Crippen LogP contribution in [0.15, 0.2) is 46.8 Å². The first kappa shape index (κ1) is 20.1. The van der Waals surface area contributed by atoms with Crippen LogP contribution in [0, 0.1) is 5.92 Å². The highest BCUT2D eigenvalue weighted by Gasteiger charge is 2.43. The van der Waals surface area contributed by atoms with Gasteiger partial charge in [0.25, 0.3) is 5.56 Å². The number of rotatable bonds is 6. The van der Waals surface area contributed by atoms with E-state index < -0.39 is 6.04 Å². The van der Waals surface area contributed by atoms with Crippen LogP contribution >= 0.6 is 11.3 Å². The number of fused-ring (bicyclic) bond motifs is 4. The molecule has 0 radical (unpaired) electrons. The average molecular weight is 439 g/mol. The van der Waals surface area contributed by atoms with Gasteiger partial charge in [-0.3, -0.25) is 23.7 Å². The van der Waals surface area contributed by atoms with Crippen molar-refractivity contribution in [3.63, 3.8) is 0 Å². The van der Waals surface area contributed by atoms with Crippen LogP contribution in [0.3, 0.4) is 0 Å². The van der Waals surface area contributed by atoms with Crippen LogP contribution in [0.5, 0.6) is 0 Å². The molecule has 2 bridgehead atoms. The Balaban J connectivity index is 1.37. The van der Waals surface area contributed by atoms with E-state index in [0.29, 0.717) is 13.0 Å². The van der Waals surface area contributed by atoms with Crippen LogP contribution in [0.1, 0.15) is 34.8 Å². The van der Waals surface area contributed by atoms with Gasteiger partial charge in [-0.25, -0.2) is 4.98 Å². The van der Waals surface area contributed by atoms with Crippen LogP contribution in [0.25, 0.3) is 0 Å². The lowest BCUT2D eigenvalue weighted by Gasteiger charge is -2.46. The fourth-order valence-corrected chi connectivity index (χ4v) is 5.81. The second-order valence-electron chi connectivity index (χ2n) is 8.41. The Bertz CT molecular complexity index is 1120. The third kappa shape index (κ3) is 3.95. The van der Waals surface area contributed by atoms with E-state index in [-0.39, 0.29) is 23.3 Å². The standard InChI is InChI=1S/C22H26N6O2S/c1-26-19(24-14-25-26)7-8-23-22(30)21-16-10-15(18-5-2-6-20(29)28(18)21)11-27(12-16)13-17-4-3-9-31-17/h2-6,9,14-16,21H,7-8,10-13H2,1H3,(H,23,30)/t15-,16+,21+/m0/s1. The third-order valence-corrected chi connectivity index (χ3v) is 7.27. The normalized spacial score (nSPS) is 22.8. The van der Waals surface area contributed by atoms with E-state index in [1.165, 1.54) is 11.2 Å². The number of piperidine rings is 1. The van der Waals surface area contributed by atoms with Gasteiger partial charge in [-0.1, -0.05) is 12.1 Å². The molecule has 2 aliphatic heterocycles. The molecule has 31 heavy (non-hydrogen) atoms. The molecule has 0 spiro atoms. The molecule has 8 nitrogen and oxygen atoms in total. The van der Waals surface area contributed by atoms with Gasteiger partial charge in [0.15, 0.2) is 0 Å². The first-order chi connectivity index (χ1) is 15.1. The molecular formula is C22H26N6O2S. The van der Waals surface area contributed by atoms with Crippen molar-refractivity contribution in [2.24, 2.45) is 13.0 Å². The number of likely N-dealkylation sites (tertiary alicyclic amines) is 1. The third-order valence-electron chi connectivity index (χ3n) is 6.40. The second-order valence-corrected chi connectivity index (χ2v) is 9.44. The largest absolute Gasteiger partial charge is 0.354 e. The van der Waals surface area contributed by atoms with Gasteiger partial charge in [0, 0.05) is 68.1 Å². The van der Waals surface area contributed by atoms with E-state index in [2.05, 4.69) is 37.8 Å². The highest BCUT2D eigenvalue weighted by molar-refractivity contribution is 7.09. The van der Waals surface area contributed by atoms with Crippen molar-refractivity contribution in [1.29, 1.82) is 0 Å². The number of carbonyl (C=O) groups excluding carboxylic acids is 1. The van der Waals surface area contributed by atoms with E-state index in [4.69, 9.17) is 0 Å². The van der Waals surface area contributed by atoms with Crippen molar-refractivity contribution in [2.75, 3.05) is 19.6 Å². The van der Waals surface area contributed by atoms with Crippen LogP contribution in [-0.2, 0) is 24.8 Å². The number of thiophene rings is 1. The van der Waals surface area contributed by atoms with Crippen LogP contribution in [-0.4, -0.2) is 49.8 Å². The van der Waals surface area contributed by atoms with Crippen LogP contribution in [0.4, 0.5) is 0 Å². The zero-order valence-corrected chi connectivity index (χ0v) is 18.3. The van der Waals surface area contributed by atoms with Crippen LogP contribution in [0.2, 0.25) is 0 Å². The Morgan fingerprint density at radius 2 is 2.16 bits per heavy atom. The Morgan fingerprint density at radius 1 is 1.26 bits per heavy atom. The maximum Gasteiger partial charge on any atom is 0.251 e. The predicted octanol–water partition coefficient (Wildman–Crippen LogP) is 1.56. The minimum Gasteiger partial charge on any atom is -0.354 e. The Morgan fingerprint density at radius 3 is 2.94 bits per heavy atom. The summed E-state index contributed by atoms with van der Waals surface area (Å²) >= 11 is 1.76. The minimum absolute atomic E-state index is 0.0851. The van der Waals surface area contributed by atoms with Gasteiger partial charge < -0.3 is 5.32 Å². The molecule has 1 N–H and O–H groups in total. The van der Waals surface area contributed by atoms with Gasteiger partial charge in [0.2, 0.25) is 5.91 Å². The summed E-state index contributed by atoms with van der Waals surface area (Å²) in [5.74, 6) is 1.12. The molecule has 3 atom stereocenters. The maximum atomic E-state index is 13.3. The minimum atomic E-state index is -0.481. The number of hydrogen-bond acceptors (Lipinski definition) is 6. The maximum absolute atomic E-state index is 13.3. The number of carbonyl (C=O) groups is 1. The number of nitrogens with one attached hydrogen (secondary N) is 1. The number of pyridine rings is 1. The zero-order valence-electron chi connectivity index (χ0n) is 17.5. The summed E-state index contributed by atoms with van der Waals surface area (Å²) in [5.41, 5.74) is 0.889. The second kappa shape index (κ2) is 8.39. The van der Waals surface area contributed by atoms with Crippen molar-refractivity contribution in [1.82, 2.24) is 29.5 Å². The van der Waals surface area contributed by atoms with Gasteiger partial charge in [0.1, 0.15) is 18.2 Å². The summed E-state index contributed by atoms with van der Waals surface area (Å²) in [5, 5.41) is 9.22. The summed E-state index contributed by atoms with van der Waals surface area (Å²) in [6.07, 6.45) is 3.05. The smallest absolute Gasteiger partial charge is 0.251 e. The quantitative estimate of drug-likeness (QED) is 0.631. The predicted molar refractivity (Wildman–Crippen MR) is 118 cm³/mol. The lowest BCUT2D eigenvalue weighted by molar-refractivity contribution is -0.127. The molecule has 5 heterocycles. The Kier molecular flexibility index (Phi) is 5.45. The monoisotopic (exact) mass is 438 g/mol. The van der Waals surface area contributed by atoms with E-state index in [1.54, 1.807) is 26.7 Å². The molecule has 2 aliphatic rings. The number of aryl methyl sites for hydroxylation is 1. The Hall–Kier alpha value is -2.78. The molecule has 0 saturated carbocycles. The van der Waals surface area contributed by atoms with Gasteiger partial charge in [0.05, 0.1) is 0 Å². The summed E-state index contributed by atoms with van der Waals surface area (Å²) in [6, 6.07) is 9.14. The average Bonchev–Trinajstić information content (AvgIpc) is 3.41. The van der Waals surface area contributed by atoms with Crippen molar-refractivity contribution in [3.8, 4) is 0 Å². The molecule has 3 aromatic heterocycles. The first-order valence-corrected chi connectivity index (χ1v) is 11.5. The van der Waals surface area contributed by atoms with E-state index in [0.717, 1.165) is 37.6 Å². The molecule has 0 unspecified atom stereocenters. The highest BCUT2D eigenvalue weighted by atomic mass is 32.1. The molecule has 0 aromatic carbocycles. The van der Waals surface area contributed by atoms with Gasteiger partial charge in [-0.2, -0.15) is 5.10 Å². The topological polar surface area (TPSA) is 85.1 Å². The lowest BCUT2D eigenvalue weighted by atomic mass is 9.78. The first-order valence-electron chi connectivity index (χ1n) is 10.7. The number of amides is 1. The zero-order chi connectivity index (χ0) is 21.4. The molecule has 162 valence electrons. The fourth-order valence-electron chi connectivity index (χ4n) is 5.07. The van der Waals surface area contributed by atoms with Crippen molar-refractivity contribution in [2.45, 2.75) is 31.3 Å².